The van der Waals surface area contributed by atoms with Crippen LogP contribution in [0.4, 0.5) is 0 Å². The van der Waals surface area contributed by atoms with Gasteiger partial charge in [0.2, 0.25) is 5.78 Å². The summed E-state index contributed by atoms with van der Waals surface area (Å²) < 4.78 is 11.7. The van der Waals surface area contributed by atoms with Gasteiger partial charge in [-0.2, -0.15) is 5.10 Å². The average Bonchev–Trinajstić information content (AvgIpc) is 2.76. The van der Waals surface area contributed by atoms with E-state index in [9.17, 15) is 4.79 Å². The van der Waals surface area contributed by atoms with Crippen LogP contribution in [-0.4, -0.2) is 29.8 Å². The molecule has 0 fully saturated rings. The van der Waals surface area contributed by atoms with Gasteiger partial charge in [-0.1, -0.05) is 11.6 Å². The van der Waals surface area contributed by atoms with Gasteiger partial charge in [-0.05, 0) is 18.2 Å². The first kappa shape index (κ1) is 13.4. The van der Waals surface area contributed by atoms with Gasteiger partial charge in [0, 0.05) is 7.05 Å². The lowest BCUT2D eigenvalue weighted by Gasteiger charge is -2.10. The van der Waals surface area contributed by atoms with Crippen molar-refractivity contribution in [1.29, 1.82) is 0 Å². The van der Waals surface area contributed by atoms with E-state index in [4.69, 9.17) is 21.1 Å². The van der Waals surface area contributed by atoms with Crippen LogP contribution in [0.15, 0.2) is 24.4 Å². The maximum atomic E-state index is 12.5. The molecule has 1 aromatic carbocycles. The molecule has 0 saturated heterocycles. The lowest BCUT2D eigenvalue weighted by atomic mass is 10.1. The van der Waals surface area contributed by atoms with E-state index in [-0.39, 0.29) is 5.78 Å². The number of carbonyl (C=O) groups excluding carboxylic acids is 1. The summed E-state index contributed by atoms with van der Waals surface area (Å²) in [5.74, 6) is 0.770. The van der Waals surface area contributed by atoms with Crippen LogP contribution in [0, 0.1) is 0 Å². The van der Waals surface area contributed by atoms with Crippen molar-refractivity contribution >= 4 is 17.4 Å². The molecule has 0 aliphatic heterocycles. The van der Waals surface area contributed by atoms with Crippen LogP contribution in [0.1, 0.15) is 16.1 Å². The van der Waals surface area contributed by atoms with Gasteiger partial charge in [0.1, 0.15) is 17.2 Å². The summed E-state index contributed by atoms with van der Waals surface area (Å²) in [6.07, 6.45) is 1.43. The van der Waals surface area contributed by atoms with Crippen molar-refractivity contribution in [2.45, 2.75) is 0 Å². The monoisotopic (exact) mass is 280 g/mol. The third-order valence-corrected chi connectivity index (χ3v) is 3.04. The van der Waals surface area contributed by atoms with Crippen molar-refractivity contribution in [3.63, 3.8) is 0 Å². The summed E-state index contributed by atoms with van der Waals surface area (Å²) >= 11 is 5.98. The molecule has 0 bridgehead atoms. The third-order valence-electron chi connectivity index (χ3n) is 2.76. The van der Waals surface area contributed by atoms with Crippen LogP contribution in [0.2, 0.25) is 5.02 Å². The predicted octanol–water partition coefficient (Wildman–Crippen LogP) is 2.32. The smallest absolute Gasteiger partial charge is 0.216 e. The van der Waals surface area contributed by atoms with Gasteiger partial charge < -0.3 is 9.47 Å². The molecule has 1 aromatic heterocycles. The normalized spacial score (nSPS) is 10.3. The fourth-order valence-corrected chi connectivity index (χ4v) is 2.04. The molecule has 100 valence electrons. The Balaban J connectivity index is 2.54. The fourth-order valence-electron chi connectivity index (χ4n) is 1.79. The number of carbonyl (C=O) groups is 1. The highest BCUT2D eigenvalue weighted by atomic mass is 35.5. The molecule has 0 saturated carbocycles. The number of ether oxygens (including phenoxy) is 2. The summed E-state index contributed by atoms with van der Waals surface area (Å²) in [6, 6.07) is 5.02. The molecule has 2 rings (SSSR count). The number of aryl methyl sites for hydroxylation is 1. The zero-order valence-corrected chi connectivity index (χ0v) is 11.6. The Kier molecular flexibility index (Phi) is 3.76. The van der Waals surface area contributed by atoms with Gasteiger partial charge in [0.15, 0.2) is 0 Å². The lowest BCUT2D eigenvalue weighted by molar-refractivity contribution is 0.102. The average molecular weight is 281 g/mol. The van der Waals surface area contributed by atoms with Gasteiger partial charge >= 0.3 is 0 Å². The minimum absolute atomic E-state index is 0.263. The number of hydrogen-bond acceptors (Lipinski definition) is 4. The van der Waals surface area contributed by atoms with Gasteiger partial charge in [-0.15, -0.1) is 0 Å². The van der Waals surface area contributed by atoms with E-state index >= 15 is 0 Å². The second kappa shape index (κ2) is 5.32. The first-order valence-corrected chi connectivity index (χ1v) is 5.90. The number of aromatic nitrogens is 2. The van der Waals surface area contributed by atoms with Crippen LogP contribution in [0.5, 0.6) is 11.5 Å². The van der Waals surface area contributed by atoms with Crippen molar-refractivity contribution in [1.82, 2.24) is 9.78 Å². The zero-order chi connectivity index (χ0) is 14.0. The molecule has 0 aliphatic carbocycles. The second-order valence-electron chi connectivity index (χ2n) is 3.86. The lowest BCUT2D eigenvalue weighted by Crippen LogP contribution is -2.10. The van der Waals surface area contributed by atoms with Gasteiger partial charge in [-0.3, -0.25) is 9.48 Å². The Hall–Kier alpha value is -2.01. The van der Waals surface area contributed by atoms with E-state index in [1.807, 2.05) is 0 Å². The number of benzene rings is 1. The molecule has 0 atom stereocenters. The molecule has 2 aromatic rings. The van der Waals surface area contributed by atoms with Crippen LogP contribution in [0.25, 0.3) is 0 Å². The largest absolute Gasteiger partial charge is 0.497 e. The first-order chi connectivity index (χ1) is 9.08. The summed E-state index contributed by atoms with van der Waals surface area (Å²) in [5.41, 5.74) is 0.695. The van der Waals surface area contributed by atoms with E-state index in [0.717, 1.165) is 0 Å². The van der Waals surface area contributed by atoms with E-state index in [2.05, 4.69) is 5.10 Å². The molecule has 19 heavy (non-hydrogen) atoms. The summed E-state index contributed by atoms with van der Waals surface area (Å²) in [4.78, 5) is 12.5. The molecule has 1 heterocycles. The number of ketones is 1. The van der Waals surface area contributed by atoms with Crippen LogP contribution in [0.3, 0.4) is 0 Å². The summed E-state index contributed by atoms with van der Waals surface area (Å²) in [6.45, 7) is 0. The predicted molar refractivity (Wildman–Crippen MR) is 71.2 cm³/mol. The molecule has 0 N–H and O–H groups in total. The number of rotatable bonds is 4. The number of hydrogen-bond donors (Lipinski definition) is 0. The van der Waals surface area contributed by atoms with Crippen molar-refractivity contribution in [3.05, 3.63) is 40.7 Å². The molecule has 0 aliphatic rings. The molecular formula is C13H13ClN2O3. The van der Waals surface area contributed by atoms with E-state index in [1.54, 1.807) is 25.2 Å². The van der Waals surface area contributed by atoms with Crippen molar-refractivity contribution in [3.8, 4) is 11.5 Å². The molecule has 0 amide bonds. The summed E-state index contributed by atoms with van der Waals surface area (Å²) in [7, 11) is 4.70. The highest BCUT2D eigenvalue weighted by molar-refractivity contribution is 6.34. The third kappa shape index (κ3) is 2.42. The minimum atomic E-state index is -0.263. The van der Waals surface area contributed by atoms with Crippen LogP contribution >= 0.6 is 11.6 Å². The topological polar surface area (TPSA) is 53.4 Å². The first-order valence-electron chi connectivity index (χ1n) is 5.52. The minimum Gasteiger partial charge on any atom is -0.497 e. The maximum absolute atomic E-state index is 12.5. The van der Waals surface area contributed by atoms with Gasteiger partial charge in [0.25, 0.3) is 0 Å². The molecule has 6 heteroatoms. The SMILES string of the molecule is COc1ccc(OC)c(C(=O)c2c(Cl)cnn2C)c1. The molecular weight excluding hydrogens is 268 g/mol. The van der Waals surface area contributed by atoms with Crippen molar-refractivity contribution < 1.29 is 14.3 Å². The Morgan fingerprint density at radius 2 is 2.05 bits per heavy atom. The molecule has 5 nitrogen and oxygen atoms in total. The standard InChI is InChI=1S/C13H13ClN2O3/c1-16-12(10(14)7-15-16)13(17)9-6-8(18-2)4-5-11(9)19-3/h4-7H,1-3H3. The van der Waals surface area contributed by atoms with Gasteiger partial charge in [-0.25, -0.2) is 0 Å². The van der Waals surface area contributed by atoms with Gasteiger partial charge in [0.05, 0.1) is 31.0 Å². The Morgan fingerprint density at radius 1 is 1.32 bits per heavy atom. The molecule has 0 radical (unpaired) electrons. The highest BCUT2D eigenvalue weighted by Gasteiger charge is 2.21. The Bertz CT molecular complexity index is 603. The van der Waals surface area contributed by atoms with E-state index < -0.39 is 0 Å². The molecule has 0 unspecified atom stereocenters. The Labute approximate surface area is 115 Å². The van der Waals surface area contributed by atoms with Crippen LogP contribution < -0.4 is 9.47 Å². The zero-order valence-electron chi connectivity index (χ0n) is 10.8. The molecule has 0 spiro atoms. The van der Waals surface area contributed by atoms with Crippen molar-refractivity contribution in [2.24, 2.45) is 7.05 Å². The van der Waals surface area contributed by atoms with Crippen LogP contribution in [-0.2, 0) is 7.05 Å². The fraction of sp³-hybridized carbons (Fsp3) is 0.231. The Morgan fingerprint density at radius 3 is 2.58 bits per heavy atom. The van der Waals surface area contributed by atoms with Crippen molar-refractivity contribution in [2.75, 3.05) is 14.2 Å². The van der Waals surface area contributed by atoms with E-state index in [0.29, 0.717) is 27.8 Å². The second-order valence-corrected chi connectivity index (χ2v) is 4.27. The quantitative estimate of drug-likeness (QED) is 0.807. The van der Waals surface area contributed by atoms with E-state index in [1.165, 1.54) is 25.1 Å². The number of halogens is 1. The number of methoxy groups -OCH3 is 2. The summed E-state index contributed by atoms with van der Waals surface area (Å²) in [5, 5.41) is 4.26. The number of nitrogens with zero attached hydrogens (tertiary/aromatic N) is 2. The maximum Gasteiger partial charge on any atom is 0.216 e. The highest BCUT2D eigenvalue weighted by Crippen LogP contribution is 2.28.